The molecule has 0 amide bonds. The minimum Gasteiger partial charge on any atom is -0.340 e. The van der Waals surface area contributed by atoms with Gasteiger partial charge in [0.05, 0.1) is 17.8 Å². The van der Waals surface area contributed by atoms with Crippen molar-refractivity contribution in [1.82, 2.24) is 19.9 Å². The third-order valence-corrected chi connectivity index (χ3v) is 5.66. The van der Waals surface area contributed by atoms with Gasteiger partial charge >= 0.3 is 0 Å². The van der Waals surface area contributed by atoms with E-state index in [0.717, 1.165) is 60.0 Å². The maximum atomic E-state index is 13.8. The summed E-state index contributed by atoms with van der Waals surface area (Å²) in [6.45, 7) is 6.11. The number of rotatable bonds is 4. The minimum absolute atomic E-state index is 0.174. The lowest BCUT2D eigenvalue weighted by atomic mass is 10.1. The van der Waals surface area contributed by atoms with E-state index in [4.69, 9.17) is 4.98 Å². The summed E-state index contributed by atoms with van der Waals surface area (Å²) in [4.78, 5) is 12.0. The molecule has 0 bridgehead atoms. The van der Waals surface area contributed by atoms with Crippen LogP contribution in [0.15, 0.2) is 60.8 Å². The molecule has 1 aliphatic heterocycles. The van der Waals surface area contributed by atoms with Crippen molar-refractivity contribution in [2.45, 2.75) is 13.5 Å². The summed E-state index contributed by atoms with van der Waals surface area (Å²) in [6.07, 6.45) is 1.85. The molecular weight excluding hydrogens is 377 g/mol. The van der Waals surface area contributed by atoms with Crippen molar-refractivity contribution in [3.63, 3.8) is 0 Å². The molecular formula is C24H24FN5. The summed E-state index contributed by atoms with van der Waals surface area (Å²) >= 11 is 0. The summed E-state index contributed by atoms with van der Waals surface area (Å²) in [6, 6.07) is 17.5. The second-order valence-corrected chi connectivity index (χ2v) is 7.71. The molecule has 0 aliphatic carbocycles. The summed E-state index contributed by atoms with van der Waals surface area (Å²) in [7, 11) is 0. The first kappa shape index (κ1) is 18.8. The highest BCUT2D eigenvalue weighted by molar-refractivity contribution is 5.91. The number of imidazole rings is 1. The Morgan fingerprint density at radius 2 is 1.83 bits per heavy atom. The first-order valence-electron chi connectivity index (χ1n) is 10.3. The van der Waals surface area contributed by atoms with Gasteiger partial charge in [0, 0.05) is 37.9 Å². The van der Waals surface area contributed by atoms with Gasteiger partial charge in [-0.1, -0.05) is 42.5 Å². The van der Waals surface area contributed by atoms with Gasteiger partial charge in [-0.15, -0.1) is 0 Å². The molecule has 1 saturated heterocycles. The Bertz CT molecular complexity index is 1180. The van der Waals surface area contributed by atoms with Gasteiger partial charge in [-0.05, 0) is 30.2 Å². The highest BCUT2D eigenvalue weighted by Crippen LogP contribution is 2.31. The zero-order valence-corrected chi connectivity index (χ0v) is 17.0. The van der Waals surface area contributed by atoms with Crippen molar-refractivity contribution in [3.8, 4) is 11.3 Å². The number of pyridine rings is 1. The summed E-state index contributed by atoms with van der Waals surface area (Å²) in [5.74, 6) is 0.769. The fraction of sp³-hybridized carbons (Fsp3) is 0.250. The van der Waals surface area contributed by atoms with Gasteiger partial charge in [0.25, 0.3) is 0 Å². The van der Waals surface area contributed by atoms with E-state index in [1.165, 1.54) is 0 Å². The molecule has 1 N–H and O–H groups in total. The number of aryl methyl sites for hydroxylation is 1. The standard InChI is InChI=1S/C24H24FN5/c1-17-15-18(7-8-20(17)25)16-30-21-9-10-27-22(19-5-3-2-4-6-19)23(21)28-24(30)29-13-11-26-12-14-29/h2-10,15,26H,11-14,16H2,1H3. The highest BCUT2D eigenvalue weighted by Gasteiger charge is 2.21. The zero-order valence-electron chi connectivity index (χ0n) is 17.0. The van der Waals surface area contributed by atoms with Gasteiger partial charge in [0.1, 0.15) is 11.3 Å². The van der Waals surface area contributed by atoms with Crippen LogP contribution in [-0.4, -0.2) is 40.7 Å². The Kier molecular flexibility index (Phi) is 4.93. The molecule has 1 fully saturated rings. The molecule has 2 aromatic carbocycles. The molecule has 6 heteroatoms. The highest BCUT2D eigenvalue weighted by atomic mass is 19.1. The van der Waals surface area contributed by atoms with Gasteiger partial charge < -0.3 is 14.8 Å². The Morgan fingerprint density at radius 1 is 1.03 bits per heavy atom. The Hall–Kier alpha value is -3.25. The molecule has 0 radical (unpaired) electrons. The SMILES string of the molecule is Cc1cc(Cn2c(N3CCNCC3)nc3c(-c4ccccc4)nccc32)ccc1F. The lowest BCUT2D eigenvalue weighted by Crippen LogP contribution is -2.44. The molecule has 152 valence electrons. The van der Waals surface area contributed by atoms with Crippen LogP contribution in [0.2, 0.25) is 0 Å². The van der Waals surface area contributed by atoms with Crippen molar-refractivity contribution >= 4 is 17.0 Å². The van der Waals surface area contributed by atoms with Crippen LogP contribution >= 0.6 is 0 Å². The van der Waals surface area contributed by atoms with Gasteiger partial charge in [0.2, 0.25) is 5.95 Å². The van der Waals surface area contributed by atoms with E-state index in [2.05, 4.69) is 31.9 Å². The van der Waals surface area contributed by atoms with Crippen molar-refractivity contribution in [2.24, 2.45) is 0 Å². The Balaban J connectivity index is 1.67. The summed E-state index contributed by atoms with van der Waals surface area (Å²) in [5.41, 5.74) is 5.60. The number of benzene rings is 2. The molecule has 0 saturated carbocycles. The van der Waals surface area contributed by atoms with Crippen LogP contribution in [0.5, 0.6) is 0 Å². The second-order valence-electron chi connectivity index (χ2n) is 7.71. The number of piperazine rings is 1. The number of hydrogen-bond donors (Lipinski definition) is 1. The predicted octanol–water partition coefficient (Wildman–Crippen LogP) is 4.00. The van der Waals surface area contributed by atoms with E-state index in [9.17, 15) is 4.39 Å². The average Bonchev–Trinajstić information content (AvgIpc) is 3.16. The number of hydrogen-bond acceptors (Lipinski definition) is 4. The number of halogens is 1. The molecule has 3 heterocycles. The second kappa shape index (κ2) is 7.88. The van der Waals surface area contributed by atoms with E-state index in [-0.39, 0.29) is 5.82 Å². The summed E-state index contributed by atoms with van der Waals surface area (Å²) < 4.78 is 16.0. The molecule has 5 nitrogen and oxygen atoms in total. The number of nitrogens with zero attached hydrogens (tertiary/aromatic N) is 4. The number of nitrogens with one attached hydrogen (secondary N) is 1. The lowest BCUT2D eigenvalue weighted by molar-refractivity contribution is 0.571. The van der Waals surface area contributed by atoms with E-state index in [1.807, 2.05) is 42.6 Å². The Labute approximate surface area is 175 Å². The van der Waals surface area contributed by atoms with Crippen LogP contribution in [0.3, 0.4) is 0 Å². The van der Waals surface area contributed by atoms with Crippen molar-refractivity contribution in [2.75, 3.05) is 31.1 Å². The third kappa shape index (κ3) is 3.44. The van der Waals surface area contributed by atoms with Gasteiger partial charge in [-0.3, -0.25) is 4.98 Å². The van der Waals surface area contributed by atoms with E-state index >= 15 is 0 Å². The normalized spacial score (nSPS) is 14.4. The Morgan fingerprint density at radius 3 is 2.60 bits per heavy atom. The fourth-order valence-electron chi connectivity index (χ4n) is 4.10. The molecule has 30 heavy (non-hydrogen) atoms. The molecule has 0 atom stereocenters. The predicted molar refractivity (Wildman–Crippen MR) is 118 cm³/mol. The van der Waals surface area contributed by atoms with Gasteiger partial charge in [-0.2, -0.15) is 0 Å². The first-order chi connectivity index (χ1) is 14.7. The smallest absolute Gasteiger partial charge is 0.207 e. The third-order valence-electron chi connectivity index (χ3n) is 5.66. The van der Waals surface area contributed by atoms with Crippen LogP contribution < -0.4 is 10.2 Å². The largest absolute Gasteiger partial charge is 0.340 e. The number of fused-ring (bicyclic) bond motifs is 1. The topological polar surface area (TPSA) is 46.0 Å². The van der Waals surface area contributed by atoms with Crippen molar-refractivity contribution in [3.05, 3.63) is 77.7 Å². The van der Waals surface area contributed by atoms with Crippen molar-refractivity contribution in [1.29, 1.82) is 0 Å². The molecule has 4 aromatic rings. The van der Waals surface area contributed by atoms with E-state index in [0.29, 0.717) is 12.1 Å². The lowest BCUT2D eigenvalue weighted by Gasteiger charge is -2.29. The fourth-order valence-corrected chi connectivity index (χ4v) is 4.10. The molecule has 1 aliphatic rings. The van der Waals surface area contributed by atoms with Crippen LogP contribution in [0.25, 0.3) is 22.3 Å². The van der Waals surface area contributed by atoms with Gasteiger partial charge in [0.15, 0.2) is 0 Å². The van der Waals surface area contributed by atoms with Crippen LogP contribution in [0.1, 0.15) is 11.1 Å². The van der Waals surface area contributed by atoms with E-state index < -0.39 is 0 Å². The molecule has 0 unspecified atom stereocenters. The van der Waals surface area contributed by atoms with Crippen molar-refractivity contribution < 1.29 is 4.39 Å². The van der Waals surface area contributed by atoms with E-state index in [1.54, 1.807) is 13.0 Å². The maximum absolute atomic E-state index is 13.8. The monoisotopic (exact) mass is 401 g/mol. The molecule has 5 rings (SSSR count). The molecule has 2 aromatic heterocycles. The molecule has 0 spiro atoms. The first-order valence-corrected chi connectivity index (χ1v) is 10.3. The van der Waals surface area contributed by atoms with Gasteiger partial charge in [-0.25, -0.2) is 9.37 Å². The van der Waals surface area contributed by atoms with Crippen LogP contribution in [-0.2, 0) is 6.54 Å². The zero-order chi connectivity index (χ0) is 20.5. The number of anilines is 1. The number of aromatic nitrogens is 3. The minimum atomic E-state index is -0.174. The summed E-state index contributed by atoms with van der Waals surface area (Å²) in [5, 5.41) is 3.41. The average molecular weight is 401 g/mol. The quantitative estimate of drug-likeness (QED) is 0.561. The van der Waals surface area contributed by atoms with Crippen LogP contribution in [0.4, 0.5) is 10.3 Å². The van der Waals surface area contributed by atoms with Crippen LogP contribution in [0, 0.1) is 12.7 Å². The maximum Gasteiger partial charge on any atom is 0.207 e.